The van der Waals surface area contributed by atoms with Crippen LogP contribution in [-0.4, -0.2) is 30.4 Å². The van der Waals surface area contributed by atoms with E-state index in [1.165, 1.54) is 19.1 Å². The first kappa shape index (κ1) is 20.4. The summed E-state index contributed by atoms with van der Waals surface area (Å²) in [7, 11) is 1.69. The lowest BCUT2D eigenvalue weighted by molar-refractivity contribution is -0.128. The molecule has 0 aliphatic carbocycles. The zero-order chi connectivity index (χ0) is 19.3. The fourth-order valence-electron chi connectivity index (χ4n) is 2.09. The van der Waals surface area contributed by atoms with Crippen LogP contribution in [0.1, 0.15) is 12.5 Å². The predicted molar refractivity (Wildman–Crippen MR) is 104 cm³/mol. The summed E-state index contributed by atoms with van der Waals surface area (Å²) in [5, 5.41) is 3.61. The minimum atomic E-state index is -0.370. The van der Waals surface area contributed by atoms with Gasteiger partial charge in [0.05, 0.1) is 15.1 Å². The van der Waals surface area contributed by atoms with Crippen molar-refractivity contribution in [3.63, 3.8) is 0 Å². The zero-order valence-electron chi connectivity index (χ0n) is 14.2. The van der Waals surface area contributed by atoms with Crippen molar-refractivity contribution >= 4 is 52.3 Å². The summed E-state index contributed by atoms with van der Waals surface area (Å²) >= 11 is 17.8. The van der Waals surface area contributed by atoms with Gasteiger partial charge in [-0.3, -0.25) is 9.59 Å². The summed E-state index contributed by atoms with van der Waals surface area (Å²) in [5.41, 5.74) is 1.42. The van der Waals surface area contributed by atoms with E-state index in [2.05, 4.69) is 5.32 Å². The van der Waals surface area contributed by atoms with E-state index in [-0.39, 0.29) is 34.2 Å². The number of para-hydroxylation sites is 1. The second-order valence-corrected chi connectivity index (χ2v) is 6.79. The van der Waals surface area contributed by atoms with E-state index in [1.54, 1.807) is 24.1 Å². The number of amides is 2. The second kappa shape index (κ2) is 9.12. The highest BCUT2D eigenvalue weighted by atomic mass is 35.5. The highest BCUT2D eigenvalue weighted by molar-refractivity contribution is 6.43. The van der Waals surface area contributed by atoms with Crippen molar-refractivity contribution in [3.8, 4) is 5.75 Å². The quantitative estimate of drug-likeness (QED) is 0.699. The van der Waals surface area contributed by atoms with Crippen LogP contribution in [0.15, 0.2) is 36.4 Å². The first-order valence-electron chi connectivity index (χ1n) is 7.64. The lowest BCUT2D eigenvalue weighted by atomic mass is 10.1. The van der Waals surface area contributed by atoms with Gasteiger partial charge < -0.3 is 15.0 Å². The monoisotopic (exact) mass is 414 g/mol. The third-order valence-corrected chi connectivity index (χ3v) is 4.59. The lowest BCUT2D eigenvalue weighted by Crippen LogP contribution is -2.25. The summed E-state index contributed by atoms with van der Waals surface area (Å²) in [6, 6.07) is 10.1. The van der Waals surface area contributed by atoms with Crippen LogP contribution in [-0.2, 0) is 16.1 Å². The van der Waals surface area contributed by atoms with Gasteiger partial charge in [-0.05, 0) is 17.7 Å². The van der Waals surface area contributed by atoms with Crippen LogP contribution < -0.4 is 10.1 Å². The van der Waals surface area contributed by atoms with E-state index >= 15 is 0 Å². The number of carbonyl (C=O) groups excluding carboxylic acids is 2. The SMILES string of the molecule is CC(=O)N(C)Cc1ccccc1NC(=O)COc1cc(Cl)c(Cl)cc1Cl. The van der Waals surface area contributed by atoms with Gasteiger partial charge in [0.25, 0.3) is 5.91 Å². The van der Waals surface area contributed by atoms with Gasteiger partial charge in [0.15, 0.2) is 6.61 Å². The van der Waals surface area contributed by atoms with Crippen molar-refractivity contribution < 1.29 is 14.3 Å². The molecule has 0 fully saturated rings. The molecule has 0 atom stereocenters. The number of rotatable bonds is 6. The van der Waals surface area contributed by atoms with Crippen LogP contribution in [0.25, 0.3) is 0 Å². The van der Waals surface area contributed by atoms with Gasteiger partial charge in [-0.25, -0.2) is 0 Å². The lowest BCUT2D eigenvalue weighted by Gasteiger charge is -2.18. The third kappa shape index (κ3) is 5.53. The number of carbonyl (C=O) groups is 2. The van der Waals surface area contributed by atoms with Crippen LogP contribution in [0.2, 0.25) is 15.1 Å². The number of halogens is 3. The van der Waals surface area contributed by atoms with E-state index in [0.29, 0.717) is 17.3 Å². The van der Waals surface area contributed by atoms with Crippen molar-refractivity contribution in [3.05, 3.63) is 57.0 Å². The molecule has 8 heteroatoms. The molecule has 5 nitrogen and oxygen atoms in total. The second-order valence-electron chi connectivity index (χ2n) is 5.57. The van der Waals surface area contributed by atoms with Crippen molar-refractivity contribution in [1.29, 1.82) is 0 Å². The summed E-state index contributed by atoms with van der Waals surface area (Å²) in [6.07, 6.45) is 0. The van der Waals surface area contributed by atoms with E-state index in [1.807, 2.05) is 12.1 Å². The Morgan fingerprint density at radius 2 is 1.73 bits per heavy atom. The van der Waals surface area contributed by atoms with E-state index in [9.17, 15) is 9.59 Å². The molecule has 0 spiro atoms. The Morgan fingerprint density at radius 1 is 1.08 bits per heavy atom. The average molecular weight is 416 g/mol. The van der Waals surface area contributed by atoms with E-state index in [0.717, 1.165) is 5.56 Å². The zero-order valence-corrected chi connectivity index (χ0v) is 16.5. The van der Waals surface area contributed by atoms with Crippen molar-refractivity contribution in [2.75, 3.05) is 19.0 Å². The molecule has 2 aromatic carbocycles. The van der Waals surface area contributed by atoms with Crippen molar-refractivity contribution in [1.82, 2.24) is 4.90 Å². The summed E-state index contributed by atoms with van der Waals surface area (Å²) < 4.78 is 5.41. The van der Waals surface area contributed by atoms with Gasteiger partial charge in [0.2, 0.25) is 5.91 Å². The van der Waals surface area contributed by atoms with Crippen LogP contribution in [0.3, 0.4) is 0 Å². The fourth-order valence-corrected chi connectivity index (χ4v) is 2.68. The van der Waals surface area contributed by atoms with Crippen molar-refractivity contribution in [2.45, 2.75) is 13.5 Å². The van der Waals surface area contributed by atoms with E-state index < -0.39 is 0 Å². The highest BCUT2D eigenvalue weighted by Gasteiger charge is 2.12. The Balaban J connectivity index is 2.02. The van der Waals surface area contributed by atoms with Crippen LogP contribution in [0.5, 0.6) is 5.75 Å². The Kier molecular flexibility index (Phi) is 7.14. The number of nitrogens with zero attached hydrogens (tertiary/aromatic N) is 1. The van der Waals surface area contributed by atoms with Crippen LogP contribution >= 0.6 is 34.8 Å². The largest absolute Gasteiger partial charge is 0.482 e. The molecule has 0 heterocycles. The average Bonchev–Trinajstić information content (AvgIpc) is 2.58. The number of nitrogens with one attached hydrogen (secondary N) is 1. The summed E-state index contributed by atoms with van der Waals surface area (Å²) in [5.74, 6) is -0.172. The number of hydrogen-bond donors (Lipinski definition) is 1. The molecule has 2 rings (SSSR count). The number of ether oxygens (including phenoxy) is 1. The maximum atomic E-state index is 12.2. The first-order valence-corrected chi connectivity index (χ1v) is 8.78. The molecule has 26 heavy (non-hydrogen) atoms. The minimum absolute atomic E-state index is 0.0660. The molecule has 2 amide bonds. The van der Waals surface area contributed by atoms with Crippen LogP contribution in [0, 0.1) is 0 Å². The molecule has 0 saturated heterocycles. The van der Waals surface area contributed by atoms with Gasteiger partial charge >= 0.3 is 0 Å². The van der Waals surface area contributed by atoms with Gasteiger partial charge in [-0.15, -0.1) is 0 Å². The molecule has 1 N–H and O–H groups in total. The Hall–Kier alpha value is -1.95. The fraction of sp³-hybridized carbons (Fsp3) is 0.222. The minimum Gasteiger partial charge on any atom is -0.482 e. The van der Waals surface area contributed by atoms with Gasteiger partial charge in [-0.1, -0.05) is 53.0 Å². The molecule has 0 aliphatic heterocycles. The third-order valence-electron chi connectivity index (χ3n) is 3.57. The molecular formula is C18H17Cl3N2O3. The topological polar surface area (TPSA) is 58.6 Å². The van der Waals surface area contributed by atoms with Crippen LogP contribution in [0.4, 0.5) is 5.69 Å². The standard InChI is InChI=1S/C18H17Cl3N2O3/c1-11(24)23(2)9-12-5-3-4-6-16(12)22-18(25)10-26-17-8-14(20)13(19)7-15(17)21/h3-8H,9-10H2,1-2H3,(H,22,25). The molecule has 0 saturated carbocycles. The normalized spacial score (nSPS) is 10.3. The Labute approximate surface area is 166 Å². The van der Waals surface area contributed by atoms with Gasteiger partial charge in [-0.2, -0.15) is 0 Å². The molecule has 138 valence electrons. The maximum absolute atomic E-state index is 12.2. The molecule has 0 radical (unpaired) electrons. The molecule has 0 aliphatic rings. The first-order chi connectivity index (χ1) is 12.3. The predicted octanol–water partition coefficient (Wildman–Crippen LogP) is 4.64. The number of anilines is 1. The van der Waals surface area contributed by atoms with Gasteiger partial charge in [0, 0.05) is 32.3 Å². The number of benzene rings is 2. The molecule has 0 aromatic heterocycles. The number of hydrogen-bond acceptors (Lipinski definition) is 3. The van der Waals surface area contributed by atoms with E-state index in [4.69, 9.17) is 39.5 Å². The molecule has 0 bridgehead atoms. The Morgan fingerprint density at radius 3 is 2.42 bits per heavy atom. The molecule has 2 aromatic rings. The van der Waals surface area contributed by atoms with Crippen molar-refractivity contribution in [2.24, 2.45) is 0 Å². The molecule has 0 unspecified atom stereocenters. The highest BCUT2D eigenvalue weighted by Crippen LogP contribution is 2.33. The van der Waals surface area contributed by atoms with Gasteiger partial charge in [0.1, 0.15) is 5.75 Å². The summed E-state index contributed by atoms with van der Waals surface area (Å²) in [4.78, 5) is 25.2. The summed E-state index contributed by atoms with van der Waals surface area (Å²) in [6.45, 7) is 1.61. The smallest absolute Gasteiger partial charge is 0.262 e. The Bertz CT molecular complexity index is 827. The molecular weight excluding hydrogens is 399 g/mol. The maximum Gasteiger partial charge on any atom is 0.262 e.